The van der Waals surface area contributed by atoms with Gasteiger partial charge in [0.05, 0.1) is 42.4 Å². The minimum Gasteiger partial charge on any atom is -0.335 e. The minimum atomic E-state index is -0.781. The molecule has 0 unspecified atom stereocenters. The van der Waals surface area contributed by atoms with E-state index in [4.69, 9.17) is 0 Å². The van der Waals surface area contributed by atoms with Gasteiger partial charge in [-0.15, -0.1) is 12.6 Å². The molecule has 2 aliphatic heterocycles. The number of nitrogens with one attached hydrogen (secondary N) is 2. The van der Waals surface area contributed by atoms with Crippen molar-refractivity contribution in [2.24, 2.45) is 11.3 Å². The van der Waals surface area contributed by atoms with Gasteiger partial charge in [-0.25, -0.2) is 0 Å². The van der Waals surface area contributed by atoms with E-state index in [1.807, 2.05) is 0 Å². The van der Waals surface area contributed by atoms with Crippen molar-refractivity contribution >= 4 is 18.5 Å². The number of quaternary nitrogens is 1. The zero-order chi connectivity index (χ0) is 14.0. The highest BCUT2D eigenvalue weighted by molar-refractivity contribution is 7.84. The Morgan fingerprint density at radius 1 is 1.47 bits per heavy atom. The van der Waals surface area contributed by atoms with E-state index in [1.165, 1.54) is 4.90 Å². The van der Waals surface area contributed by atoms with Crippen LogP contribution in [0.3, 0.4) is 0 Å². The van der Waals surface area contributed by atoms with Crippen LogP contribution in [-0.2, 0) is 4.79 Å². The number of nitrogens with zero attached hydrogens (tertiary/aromatic N) is 2. The lowest BCUT2D eigenvalue weighted by atomic mass is 9.63. The highest BCUT2D eigenvalue weighted by Gasteiger charge is 2.53. The van der Waals surface area contributed by atoms with Gasteiger partial charge in [0.15, 0.2) is 0 Å². The lowest BCUT2D eigenvalue weighted by Crippen LogP contribution is -3.13. The van der Waals surface area contributed by atoms with E-state index < -0.39 is 11.3 Å². The molecule has 0 bridgehead atoms. The second-order valence-electron chi connectivity index (χ2n) is 5.15. The van der Waals surface area contributed by atoms with Gasteiger partial charge in [0, 0.05) is 18.3 Å². The Labute approximate surface area is 118 Å². The molecular weight excluding hydrogens is 260 g/mol. The molecule has 0 aromatic rings. The maximum atomic E-state index is 12.0. The number of piperidine rings is 1. The summed E-state index contributed by atoms with van der Waals surface area (Å²) in [6, 6.07) is 4.25. The molecule has 0 radical (unpaired) electrons. The average Bonchev–Trinajstić information content (AvgIpc) is 2.40. The Hall–Kier alpha value is -1.50. The summed E-state index contributed by atoms with van der Waals surface area (Å²) < 4.78 is 0. The number of allylic oxidation sites excluding steroid dienone is 1. The monoisotopic (exact) mass is 277 g/mol. The van der Waals surface area contributed by atoms with Crippen molar-refractivity contribution in [1.82, 2.24) is 5.32 Å². The normalized spacial score (nSPS) is 34.6. The van der Waals surface area contributed by atoms with E-state index in [-0.39, 0.29) is 5.91 Å². The maximum Gasteiger partial charge on any atom is 0.243 e. The Morgan fingerprint density at radius 3 is 2.58 bits per heavy atom. The highest BCUT2D eigenvalue weighted by atomic mass is 32.1. The number of rotatable bonds is 1. The molecule has 2 N–H and O–H groups in total. The number of likely N-dealkylation sites (tertiary alicyclic amines) is 1. The molecule has 1 atom stereocenters. The summed E-state index contributed by atoms with van der Waals surface area (Å²) in [4.78, 5) is 13.4. The van der Waals surface area contributed by atoms with Crippen LogP contribution in [0.25, 0.3) is 0 Å². The first kappa shape index (κ1) is 13.9. The summed E-state index contributed by atoms with van der Waals surface area (Å²) in [5.74, 6) is -1.11. The van der Waals surface area contributed by atoms with E-state index in [1.54, 1.807) is 0 Å². The highest BCUT2D eigenvalue weighted by Crippen LogP contribution is 2.46. The third-order valence-electron chi connectivity index (χ3n) is 4.38. The molecule has 1 spiro atoms. The van der Waals surface area contributed by atoms with E-state index in [9.17, 15) is 15.3 Å². The fraction of sp³-hybridized carbons (Fsp3) is 0.615. The maximum absolute atomic E-state index is 12.0. The van der Waals surface area contributed by atoms with Crippen molar-refractivity contribution in [2.75, 3.05) is 19.6 Å². The lowest BCUT2D eigenvalue weighted by Gasteiger charge is -2.43. The number of carbonyl (C=O) groups is 1. The summed E-state index contributed by atoms with van der Waals surface area (Å²) in [5, 5.41) is 21.6. The second kappa shape index (κ2) is 5.24. The molecule has 0 aromatic heterocycles. The van der Waals surface area contributed by atoms with Gasteiger partial charge in [0.2, 0.25) is 5.91 Å². The van der Waals surface area contributed by atoms with E-state index in [2.05, 4.69) is 37.0 Å². The molecule has 0 aliphatic carbocycles. The predicted octanol–water partition coefficient (Wildman–Crippen LogP) is -0.394. The van der Waals surface area contributed by atoms with Crippen molar-refractivity contribution in [3.63, 3.8) is 0 Å². The lowest BCUT2D eigenvalue weighted by molar-refractivity contribution is -0.905. The van der Waals surface area contributed by atoms with Gasteiger partial charge in [0.1, 0.15) is 5.92 Å². The van der Waals surface area contributed by atoms with Gasteiger partial charge in [-0.05, 0) is 6.92 Å². The van der Waals surface area contributed by atoms with Gasteiger partial charge < -0.3 is 10.2 Å². The molecule has 5 nitrogen and oxygen atoms in total. The Balaban J connectivity index is 2.44. The van der Waals surface area contributed by atoms with Gasteiger partial charge in [0.25, 0.3) is 0 Å². The molecule has 1 saturated heterocycles. The summed E-state index contributed by atoms with van der Waals surface area (Å²) in [5.41, 5.74) is -0.168. The van der Waals surface area contributed by atoms with Crippen LogP contribution in [0.2, 0.25) is 0 Å². The van der Waals surface area contributed by atoms with Crippen LogP contribution in [0.4, 0.5) is 0 Å². The fourth-order valence-electron chi connectivity index (χ4n) is 3.17. The van der Waals surface area contributed by atoms with Crippen molar-refractivity contribution < 1.29 is 9.69 Å². The molecule has 0 saturated carbocycles. The summed E-state index contributed by atoms with van der Waals surface area (Å²) in [6.45, 7) is 4.91. The largest absolute Gasteiger partial charge is 0.335 e. The van der Waals surface area contributed by atoms with Crippen LogP contribution >= 0.6 is 12.6 Å². The van der Waals surface area contributed by atoms with Crippen molar-refractivity contribution in [3.05, 3.63) is 10.6 Å². The SMILES string of the molecule is CC[NH+]1CCC2(CC1)C(C#N)=C(S)NC(=O)[C@@H]2C#N. The molecule has 1 amide bonds. The Kier molecular flexibility index (Phi) is 3.84. The first-order chi connectivity index (χ1) is 9.08. The summed E-state index contributed by atoms with van der Waals surface area (Å²) in [7, 11) is 0. The minimum absolute atomic E-state index is 0.318. The van der Waals surface area contributed by atoms with E-state index >= 15 is 0 Å². The third-order valence-corrected chi connectivity index (χ3v) is 4.72. The van der Waals surface area contributed by atoms with E-state index in [0.29, 0.717) is 23.4 Å². The summed E-state index contributed by atoms with van der Waals surface area (Å²) >= 11 is 4.21. The first-order valence-electron chi connectivity index (χ1n) is 6.47. The number of thiol groups is 1. The smallest absolute Gasteiger partial charge is 0.243 e. The van der Waals surface area contributed by atoms with Crippen molar-refractivity contribution in [3.8, 4) is 12.1 Å². The van der Waals surface area contributed by atoms with Crippen LogP contribution in [-0.4, -0.2) is 25.5 Å². The third kappa shape index (κ3) is 2.11. The van der Waals surface area contributed by atoms with Gasteiger partial charge in [-0.2, -0.15) is 10.5 Å². The standard InChI is InChI=1S/C13H16N4OS/c1-2-17-5-3-13(4-6-17)9(7-14)11(18)16-12(19)10(13)8-15/h9,19H,2-6H2,1H3,(H,16,18)/p+1/t9-/m0/s1. The van der Waals surface area contributed by atoms with Crippen LogP contribution in [0.5, 0.6) is 0 Å². The summed E-state index contributed by atoms with van der Waals surface area (Å²) in [6.07, 6.45) is 1.38. The fourth-order valence-corrected chi connectivity index (χ4v) is 3.55. The second-order valence-corrected chi connectivity index (χ2v) is 5.59. The molecule has 19 heavy (non-hydrogen) atoms. The van der Waals surface area contributed by atoms with Crippen LogP contribution in [0.1, 0.15) is 19.8 Å². The quantitative estimate of drug-likeness (QED) is 0.571. The van der Waals surface area contributed by atoms with Gasteiger partial charge >= 0.3 is 0 Å². The van der Waals surface area contributed by atoms with Gasteiger partial charge in [-0.3, -0.25) is 4.79 Å². The predicted molar refractivity (Wildman–Crippen MR) is 71.8 cm³/mol. The van der Waals surface area contributed by atoms with Crippen molar-refractivity contribution in [1.29, 1.82) is 10.5 Å². The molecule has 0 aromatic carbocycles. The molecule has 6 heteroatoms. The van der Waals surface area contributed by atoms with Crippen LogP contribution in [0.15, 0.2) is 10.6 Å². The Bertz CT molecular complexity index is 506. The first-order valence-corrected chi connectivity index (χ1v) is 6.91. The zero-order valence-electron chi connectivity index (χ0n) is 10.9. The number of carbonyl (C=O) groups excluding carboxylic acids is 1. The van der Waals surface area contributed by atoms with Crippen molar-refractivity contribution in [2.45, 2.75) is 19.8 Å². The molecule has 1 fully saturated rings. The number of nitriles is 2. The van der Waals surface area contributed by atoms with Crippen LogP contribution < -0.4 is 10.2 Å². The number of hydrogen-bond acceptors (Lipinski definition) is 4. The molecule has 2 aliphatic rings. The average molecular weight is 277 g/mol. The molecule has 2 heterocycles. The number of amides is 1. The topological polar surface area (TPSA) is 81.1 Å². The van der Waals surface area contributed by atoms with Gasteiger partial charge in [-0.1, -0.05) is 0 Å². The van der Waals surface area contributed by atoms with Crippen LogP contribution in [0, 0.1) is 34.0 Å². The van der Waals surface area contributed by atoms with E-state index in [0.717, 1.165) is 19.6 Å². The number of hydrogen-bond donors (Lipinski definition) is 3. The zero-order valence-corrected chi connectivity index (χ0v) is 11.8. The molecule has 2 rings (SSSR count). The molecular formula is C13H17N4OS+. The molecule has 100 valence electrons. The Morgan fingerprint density at radius 2 is 2.11 bits per heavy atom.